The Morgan fingerprint density at radius 3 is 3.18 bits per heavy atom. The summed E-state index contributed by atoms with van der Waals surface area (Å²) in [6, 6.07) is 3.79. The Balaban J connectivity index is 2.00. The van der Waals surface area contributed by atoms with Crippen LogP contribution in [0.2, 0.25) is 0 Å². The number of hydrogen-bond donors (Lipinski definition) is 1. The summed E-state index contributed by atoms with van der Waals surface area (Å²) in [5.74, 6) is 0.913. The van der Waals surface area contributed by atoms with Gasteiger partial charge >= 0.3 is 0 Å². The molecule has 1 saturated heterocycles. The number of aromatic nitrogens is 1. The van der Waals surface area contributed by atoms with Crippen LogP contribution in [0.3, 0.4) is 0 Å². The van der Waals surface area contributed by atoms with Crippen molar-refractivity contribution in [2.75, 3.05) is 18.0 Å². The molecule has 0 radical (unpaired) electrons. The number of fused-ring (bicyclic) bond motifs is 1. The molecule has 0 spiro atoms. The highest BCUT2D eigenvalue weighted by molar-refractivity contribution is 5.88. The molecule has 4 nitrogen and oxygen atoms in total. The number of aliphatic hydroxyl groups is 1. The van der Waals surface area contributed by atoms with E-state index in [1.807, 2.05) is 19.1 Å². The van der Waals surface area contributed by atoms with E-state index in [0.29, 0.717) is 6.54 Å². The molecule has 1 aliphatic rings. The zero-order valence-electron chi connectivity index (χ0n) is 9.89. The maximum Gasteiger partial charge on any atom is 0.139 e. The van der Waals surface area contributed by atoms with Gasteiger partial charge in [0.15, 0.2) is 0 Å². The molecule has 2 aromatic heterocycles. The van der Waals surface area contributed by atoms with Gasteiger partial charge in [-0.3, -0.25) is 0 Å². The topological polar surface area (TPSA) is 49.5 Å². The number of pyridine rings is 1. The highest BCUT2D eigenvalue weighted by Crippen LogP contribution is 2.30. The van der Waals surface area contributed by atoms with Gasteiger partial charge in [-0.05, 0) is 31.9 Å². The quantitative estimate of drug-likeness (QED) is 0.818. The minimum Gasteiger partial charge on any atom is -0.464 e. The molecule has 3 heterocycles. The summed E-state index contributed by atoms with van der Waals surface area (Å²) in [6.07, 6.45) is 5.27. The highest BCUT2D eigenvalue weighted by Gasteiger charge is 2.29. The molecule has 0 amide bonds. The van der Waals surface area contributed by atoms with Crippen LogP contribution in [-0.4, -0.2) is 28.8 Å². The van der Waals surface area contributed by atoms with E-state index < -0.39 is 5.60 Å². The van der Waals surface area contributed by atoms with Crippen molar-refractivity contribution in [2.24, 2.45) is 0 Å². The summed E-state index contributed by atoms with van der Waals surface area (Å²) in [5, 5.41) is 11.2. The van der Waals surface area contributed by atoms with E-state index in [1.54, 1.807) is 12.5 Å². The summed E-state index contributed by atoms with van der Waals surface area (Å²) >= 11 is 0. The van der Waals surface area contributed by atoms with Crippen molar-refractivity contribution < 1.29 is 9.52 Å². The molecule has 1 N–H and O–H groups in total. The van der Waals surface area contributed by atoms with Crippen LogP contribution in [0.4, 0.5) is 5.82 Å². The molecule has 90 valence electrons. The Morgan fingerprint density at radius 2 is 2.35 bits per heavy atom. The van der Waals surface area contributed by atoms with Crippen molar-refractivity contribution in [1.82, 2.24) is 4.98 Å². The van der Waals surface area contributed by atoms with E-state index in [4.69, 9.17) is 4.42 Å². The highest BCUT2D eigenvalue weighted by atomic mass is 16.3. The average Bonchev–Trinajstić information content (AvgIpc) is 2.75. The van der Waals surface area contributed by atoms with Gasteiger partial charge in [0.2, 0.25) is 0 Å². The maximum absolute atomic E-state index is 10.1. The lowest BCUT2D eigenvalue weighted by atomic mass is 9.95. The molecule has 3 rings (SSSR count). The summed E-state index contributed by atoms with van der Waals surface area (Å²) in [5.41, 5.74) is 0.228. The van der Waals surface area contributed by atoms with E-state index in [-0.39, 0.29) is 0 Å². The predicted molar refractivity (Wildman–Crippen MR) is 66.1 cm³/mol. The molecular formula is C13H16N2O2. The van der Waals surface area contributed by atoms with Crippen LogP contribution in [0.5, 0.6) is 0 Å². The first kappa shape index (κ1) is 10.6. The standard InChI is InChI=1S/C13H16N2O2/c1-13(16)5-2-7-15(9-13)12-10-4-8-17-11(10)3-6-14-12/h3-4,6,8,16H,2,5,7,9H2,1H3. The Hall–Kier alpha value is -1.55. The third kappa shape index (κ3) is 1.89. The second-order valence-electron chi connectivity index (χ2n) is 4.99. The third-order valence-electron chi connectivity index (χ3n) is 3.33. The number of β-amino-alcohol motifs (C(OH)–C–C–N with tert-alkyl or cyclic N) is 1. The number of nitrogens with zero attached hydrogens (tertiary/aromatic N) is 2. The summed E-state index contributed by atoms with van der Waals surface area (Å²) < 4.78 is 5.37. The second-order valence-corrected chi connectivity index (χ2v) is 4.99. The van der Waals surface area contributed by atoms with E-state index in [1.165, 1.54) is 0 Å². The van der Waals surface area contributed by atoms with Crippen molar-refractivity contribution in [1.29, 1.82) is 0 Å². The largest absolute Gasteiger partial charge is 0.464 e. The van der Waals surface area contributed by atoms with Crippen LogP contribution in [0.25, 0.3) is 11.0 Å². The number of rotatable bonds is 1. The average molecular weight is 232 g/mol. The van der Waals surface area contributed by atoms with Crippen LogP contribution < -0.4 is 4.90 Å². The minimum atomic E-state index is -0.619. The molecule has 0 aromatic carbocycles. The zero-order valence-corrected chi connectivity index (χ0v) is 9.89. The first-order chi connectivity index (χ1) is 8.16. The Bertz CT molecular complexity index is 533. The lowest BCUT2D eigenvalue weighted by Gasteiger charge is -2.37. The zero-order chi connectivity index (χ0) is 11.9. The van der Waals surface area contributed by atoms with E-state index >= 15 is 0 Å². The number of piperidine rings is 1. The first-order valence-corrected chi connectivity index (χ1v) is 5.95. The van der Waals surface area contributed by atoms with Gasteiger partial charge in [0.05, 0.1) is 17.3 Å². The summed E-state index contributed by atoms with van der Waals surface area (Å²) in [4.78, 5) is 6.56. The van der Waals surface area contributed by atoms with E-state index in [2.05, 4.69) is 9.88 Å². The van der Waals surface area contributed by atoms with Gasteiger partial charge in [-0.15, -0.1) is 0 Å². The van der Waals surface area contributed by atoms with Crippen molar-refractivity contribution in [2.45, 2.75) is 25.4 Å². The van der Waals surface area contributed by atoms with Crippen LogP contribution in [-0.2, 0) is 0 Å². The van der Waals surface area contributed by atoms with Gasteiger partial charge < -0.3 is 14.4 Å². The monoisotopic (exact) mass is 232 g/mol. The molecule has 1 unspecified atom stereocenters. The van der Waals surface area contributed by atoms with Gasteiger partial charge in [-0.2, -0.15) is 0 Å². The molecule has 1 fully saturated rings. The molecule has 0 saturated carbocycles. The normalized spacial score (nSPS) is 25.4. The van der Waals surface area contributed by atoms with Crippen molar-refractivity contribution in [3.63, 3.8) is 0 Å². The second kappa shape index (κ2) is 3.74. The Kier molecular flexibility index (Phi) is 2.33. The van der Waals surface area contributed by atoms with Gasteiger partial charge in [-0.1, -0.05) is 0 Å². The van der Waals surface area contributed by atoms with E-state index in [0.717, 1.165) is 36.2 Å². The minimum absolute atomic E-state index is 0.619. The van der Waals surface area contributed by atoms with E-state index in [9.17, 15) is 5.11 Å². The van der Waals surface area contributed by atoms with Gasteiger partial charge in [0, 0.05) is 19.3 Å². The van der Waals surface area contributed by atoms with Crippen LogP contribution in [0.1, 0.15) is 19.8 Å². The SMILES string of the molecule is CC1(O)CCCN(c2nccc3occc23)C1. The predicted octanol–water partition coefficient (Wildman–Crippen LogP) is 2.18. The molecular weight excluding hydrogens is 216 g/mol. The van der Waals surface area contributed by atoms with Crippen molar-refractivity contribution in [3.05, 3.63) is 24.6 Å². The number of anilines is 1. The Labute approximate surface area is 99.9 Å². The van der Waals surface area contributed by atoms with Crippen LogP contribution >= 0.6 is 0 Å². The van der Waals surface area contributed by atoms with Crippen LogP contribution in [0.15, 0.2) is 29.0 Å². The molecule has 1 atom stereocenters. The molecule has 17 heavy (non-hydrogen) atoms. The van der Waals surface area contributed by atoms with Crippen molar-refractivity contribution >= 4 is 16.8 Å². The van der Waals surface area contributed by atoms with Gasteiger partial charge in [-0.25, -0.2) is 4.98 Å². The van der Waals surface area contributed by atoms with Crippen LogP contribution in [0, 0.1) is 0 Å². The fraction of sp³-hybridized carbons (Fsp3) is 0.462. The molecule has 0 bridgehead atoms. The van der Waals surface area contributed by atoms with Gasteiger partial charge in [0.25, 0.3) is 0 Å². The molecule has 4 heteroatoms. The van der Waals surface area contributed by atoms with Crippen molar-refractivity contribution in [3.8, 4) is 0 Å². The molecule has 0 aliphatic carbocycles. The number of hydrogen-bond acceptors (Lipinski definition) is 4. The first-order valence-electron chi connectivity index (χ1n) is 5.95. The molecule has 1 aliphatic heterocycles. The fourth-order valence-electron chi connectivity index (χ4n) is 2.53. The van der Waals surface area contributed by atoms with Gasteiger partial charge in [0.1, 0.15) is 11.4 Å². The smallest absolute Gasteiger partial charge is 0.139 e. The summed E-state index contributed by atoms with van der Waals surface area (Å²) in [7, 11) is 0. The Morgan fingerprint density at radius 1 is 1.47 bits per heavy atom. The molecule has 2 aromatic rings. The fourth-order valence-corrected chi connectivity index (χ4v) is 2.53. The third-order valence-corrected chi connectivity index (χ3v) is 3.33. The maximum atomic E-state index is 10.1. The summed E-state index contributed by atoms with van der Waals surface area (Å²) in [6.45, 7) is 3.45. The number of furan rings is 1. The lowest BCUT2D eigenvalue weighted by Crippen LogP contribution is -2.46. The lowest BCUT2D eigenvalue weighted by molar-refractivity contribution is 0.0448.